The first-order valence-electron chi connectivity index (χ1n) is 12.0. The van der Waals surface area contributed by atoms with E-state index in [1.54, 1.807) is 6.20 Å². The van der Waals surface area contributed by atoms with Crippen LogP contribution in [-0.4, -0.2) is 15.9 Å². The summed E-state index contributed by atoms with van der Waals surface area (Å²) in [6.07, 6.45) is 3.09. The van der Waals surface area contributed by atoms with Crippen LogP contribution in [0.4, 0.5) is 0 Å². The highest BCUT2D eigenvalue weighted by molar-refractivity contribution is 6.09. The summed E-state index contributed by atoms with van der Waals surface area (Å²) in [5.74, 6) is -0.0950. The standard InChI is InChI=1S/C31H27N3O/c1-2-27(22-13-5-3-6-14-22)34-31(35)29-25-18-9-10-19-28(25)33-30(23-15-7-4-8-16-23)26(29)21-24-17-11-12-20-32-24/h3-20,27H,2,21H2,1H3,(H,34,35). The van der Waals surface area contributed by atoms with Crippen molar-refractivity contribution in [1.29, 1.82) is 0 Å². The van der Waals surface area contributed by atoms with Gasteiger partial charge in [-0.25, -0.2) is 4.98 Å². The number of hydrogen-bond donors (Lipinski definition) is 1. The quantitative estimate of drug-likeness (QED) is 0.293. The van der Waals surface area contributed by atoms with E-state index in [2.05, 4.69) is 29.4 Å². The Hall–Kier alpha value is -4.31. The zero-order valence-corrected chi connectivity index (χ0v) is 19.7. The molecule has 2 heterocycles. The first-order chi connectivity index (χ1) is 17.2. The predicted molar refractivity (Wildman–Crippen MR) is 141 cm³/mol. The van der Waals surface area contributed by atoms with Crippen molar-refractivity contribution in [2.45, 2.75) is 25.8 Å². The van der Waals surface area contributed by atoms with Crippen LogP contribution < -0.4 is 5.32 Å². The Kier molecular flexibility index (Phi) is 6.62. The Morgan fingerprint density at radius 2 is 1.51 bits per heavy atom. The number of hydrogen-bond acceptors (Lipinski definition) is 3. The van der Waals surface area contributed by atoms with E-state index in [-0.39, 0.29) is 11.9 Å². The van der Waals surface area contributed by atoms with Crippen molar-refractivity contribution >= 4 is 16.8 Å². The zero-order chi connectivity index (χ0) is 24.0. The molecular formula is C31H27N3O. The van der Waals surface area contributed by atoms with Crippen molar-refractivity contribution in [3.63, 3.8) is 0 Å². The zero-order valence-electron chi connectivity index (χ0n) is 19.7. The molecule has 4 nitrogen and oxygen atoms in total. The normalized spacial score (nSPS) is 11.8. The van der Waals surface area contributed by atoms with Gasteiger partial charge in [-0.1, -0.05) is 91.9 Å². The van der Waals surface area contributed by atoms with Gasteiger partial charge in [0.15, 0.2) is 0 Å². The van der Waals surface area contributed by atoms with E-state index in [4.69, 9.17) is 4.98 Å². The van der Waals surface area contributed by atoms with Crippen molar-refractivity contribution in [3.05, 3.63) is 132 Å². The van der Waals surface area contributed by atoms with Crippen molar-refractivity contribution in [3.8, 4) is 11.3 Å². The molecule has 1 unspecified atom stereocenters. The van der Waals surface area contributed by atoms with Crippen LogP contribution in [0.3, 0.4) is 0 Å². The number of benzene rings is 3. The molecule has 1 N–H and O–H groups in total. The summed E-state index contributed by atoms with van der Waals surface area (Å²) in [6.45, 7) is 2.09. The van der Waals surface area contributed by atoms with E-state index in [9.17, 15) is 4.79 Å². The maximum absolute atomic E-state index is 14.0. The number of para-hydroxylation sites is 1. The summed E-state index contributed by atoms with van der Waals surface area (Å²) in [6, 6.07) is 33.8. The van der Waals surface area contributed by atoms with Gasteiger partial charge in [-0.15, -0.1) is 0 Å². The smallest absolute Gasteiger partial charge is 0.252 e. The average molecular weight is 458 g/mol. The lowest BCUT2D eigenvalue weighted by Crippen LogP contribution is -2.29. The molecule has 0 aliphatic carbocycles. The molecule has 0 spiro atoms. The Morgan fingerprint density at radius 1 is 0.829 bits per heavy atom. The molecule has 3 aromatic carbocycles. The van der Waals surface area contributed by atoms with Gasteiger partial charge >= 0.3 is 0 Å². The molecule has 5 aromatic rings. The van der Waals surface area contributed by atoms with Crippen LogP contribution in [0.1, 0.15) is 46.6 Å². The Bertz CT molecular complexity index is 1430. The first-order valence-corrected chi connectivity index (χ1v) is 12.0. The van der Waals surface area contributed by atoms with Gasteiger partial charge in [0.1, 0.15) is 0 Å². The molecule has 0 bridgehead atoms. The summed E-state index contributed by atoms with van der Waals surface area (Å²) in [7, 11) is 0. The average Bonchev–Trinajstić information content (AvgIpc) is 2.92. The second-order valence-corrected chi connectivity index (χ2v) is 8.54. The summed E-state index contributed by atoms with van der Waals surface area (Å²) < 4.78 is 0. The highest BCUT2D eigenvalue weighted by Crippen LogP contribution is 2.32. The molecule has 0 radical (unpaired) electrons. The van der Waals surface area contributed by atoms with Crippen LogP contribution in [0.15, 0.2) is 109 Å². The molecule has 1 amide bonds. The molecular weight excluding hydrogens is 430 g/mol. The first kappa shape index (κ1) is 22.5. The number of nitrogens with one attached hydrogen (secondary N) is 1. The minimum absolute atomic E-state index is 0.0847. The van der Waals surface area contributed by atoms with Gasteiger partial charge in [0.25, 0.3) is 5.91 Å². The number of fused-ring (bicyclic) bond motifs is 1. The van der Waals surface area contributed by atoms with E-state index in [0.29, 0.717) is 12.0 Å². The second-order valence-electron chi connectivity index (χ2n) is 8.54. The van der Waals surface area contributed by atoms with E-state index < -0.39 is 0 Å². The van der Waals surface area contributed by atoms with Gasteiger partial charge in [-0.3, -0.25) is 9.78 Å². The molecule has 0 aliphatic rings. The topological polar surface area (TPSA) is 54.9 Å². The lowest BCUT2D eigenvalue weighted by molar-refractivity contribution is 0.0936. The van der Waals surface area contributed by atoms with Gasteiger partial charge in [0.05, 0.1) is 22.8 Å². The number of pyridine rings is 2. The number of nitrogens with zero attached hydrogens (tertiary/aromatic N) is 2. The van der Waals surface area contributed by atoms with Crippen LogP contribution in [0, 0.1) is 0 Å². The summed E-state index contributed by atoms with van der Waals surface area (Å²) >= 11 is 0. The molecule has 0 saturated carbocycles. The van der Waals surface area contributed by atoms with Crippen molar-refractivity contribution in [2.75, 3.05) is 0 Å². The van der Waals surface area contributed by atoms with Gasteiger partial charge in [-0.05, 0) is 35.7 Å². The highest BCUT2D eigenvalue weighted by atomic mass is 16.1. The summed E-state index contributed by atoms with van der Waals surface area (Å²) in [5.41, 5.74) is 6.13. The van der Waals surface area contributed by atoms with Crippen LogP contribution in [0.2, 0.25) is 0 Å². The largest absolute Gasteiger partial charge is 0.345 e. The van der Waals surface area contributed by atoms with Gasteiger partial charge < -0.3 is 5.32 Å². The third-order valence-electron chi connectivity index (χ3n) is 6.27. The van der Waals surface area contributed by atoms with E-state index in [1.807, 2.05) is 91.0 Å². The maximum atomic E-state index is 14.0. The van der Waals surface area contributed by atoms with Crippen LogP contribution in [0.25, 0.3) is 22.2 Å². The number of carbonyl (C=O) groups excluding carboxylic acids is 1. The fraction of sp³-hybridized carbons (Fsp3) is 0.129. The molecule has 1 atom stereocenters. The van der Waals surface area contributed by atoms with Gasteiger partial charge in [-0.2, -0.15) is 0 Å². The Balaban J connectivity index is 1.70. The number of carbonyl (C=O) groups is 1. The van der Waals surface area contributed by atoms with E-state index >= 15 is 0 Å². The molecule has 0 fully saturated rings. The fourth-order valence-electron chi connectivity index (χ4n) is 4.54. The van der Waals surface area contributed by atoms with Crippen LogP contribution >= 0.6 is 0 Å². The molecule has 4 heteroatoms. The fourth-order valence-corrected chi connectivity index (χ4v) is 4.54. The SMILES string of the molecule is CCC(NC(=O)c1c(Cc2ccccn2)c(-c2ccccc2)nc2ccccc12)c1ccccc1. The molecule has 35 heavy (non-hydrogen) atoms. The molecule has 2 aromatic heterocycles. The number of amides is 1. The minimum Gasteiger partial charge on any atom is -0.345 e. The van der Waals surface area contributed by atoms with E-state index in [1.165, 1.54) is 0 Å². The van der Waals surface area contributed by atoms with Crippen molar-refractivity contribution in [1.82, 2.24) is 15.3 Å². The molecule has 5 rings (SSSR count). The van der Waals surface area contributed by atoms with Crippen LogP contribution in [0.5, 0.6) is 0 Å². The van der Waals surface area contributed by atoms with Gasteiger partial charge in [0, 0.05) is 29.3 Å². The number of aromatic nitrogens is 2. The lowest BCUT2D eigenvalue weighted by atomic mass is 9.92. The van der Waals surface area contributed by atoms with Crippen molar-refractivity contribution < 1.29 is 4.79 Å². The van der Waals surface area contributed by atoms with Gasteiger partial charge in [0.2, 0.25) is 0 Å². The van der Waals surface area contributed by atoms with Crippen molar-refractivity contribution in [2.24, 2.45) is 0 Å². The maximum Gasteiger partial charge on any atom is 0.252 e. The number of rotatable bonds is 7. The molecule has 0 aliphatic heterocycles. The Morgan fingerprint density at radius 3 is 2.23 bits per heavy atom. The third kappa shape index (κ3) is 4.82. The monoisotopic (exact) mass is 457 g/mol. The Labute approximate surface area is 205 Å². The second kappa shape index (κ2) is 10.3. The minimum atomic E-state index is -0.0950. The highest BCUT2D eigenvalue weighted by Gasteiger charge is 2.24. The van der Waals surface area contributed by atoms with E-state index in [0.717, 1.165) is 45.4 Å². The summed E-state index contributed by atoms with van der Waals surface area (Å²) in [4.78, 5) is 23.6. The predicted octanol–water partition coefficient (Wildman–Crippen LogP) is 6.77. The molecule has 0 saturated heterocycles. The van der Waals surface area contributed by atoms with Crippen LogP contribution in [-0.2, 0) is 6.42 Å². The third-order valence-corrected chi connectivity index (χ3v) is 6.27. The summed E-state index contributed by atoms with van der Waals surface area (Å²) in [5, 5.41) is 4.16. The lowest BCUT2D eigenvalue weighted by Gasteiger charge is -2.21. The molecule has 172 valence electrons.